The summed E-state index contributed by atoms with van der Waals surface area (Å²) in [6, 6.07) is -8.32. The highest BCUT2D eigenvalue weighted by atomic mass is 16.4. The molecule has 6 atom stereocenters. The van der Waals surface area contributed by atoms with Gasteiger partial charge in [-0.1, -0.05) is 0 Å². The molecule has 0 bridgehead atoms. The Morgan fingerprint density at radius 1 is 0.684 bits per heavy atom. The standard InChI is InChI=1S/C32H58N14O11/c33-10-2-1-7-18(43-27(53)19(8-4-12-40-32(37)38)42-25(51)17(34)6-3-11-39-31(35)36)28(54)44-20(14-24(49)50)29(55)45-21(16-47)26(52)41-15-23(48)46-13-5-9-22(46)30(56)57/h17-22,47H,1-16,33-34H2,(H,41,52)(H,42,51)(H,43,53)(H,44,54)(H,45,55)(H,49,50)(H,56,57)(H4,35,36,39)(H4,37,38,40)/t17-,18-,19-,20-,21-,22-/m0/s1. The van der Waals surface area contributed by atoms with Crippen LogP contribution < -0.4 is 61.0 Å². The smallest absolute Gasteiger partial charge is 0.326 e. The number of nitrogens with two attached hydrogens (primary N) is 6. The number of nitrogens with zero attached hydrogens (tertiary/aromatic N) is 3. The van der Waals surface area contributed by atoms with Gasteiger partial charge in [0.05, 0.1) is 25.6 Å². The molecule has 1 saturated heterocycles. The number of hydrogen-bond donors (Lipinski definition) is 14. The molecule has 1 heterocycles. The number of likely N-dealkylation sites (tertiary alicyclic amines) is 1. The fourth-order valence-corrected chi connectivity index (χ4v) is 5.57. The van der Waals surface area contributed by atoms with Crippen LogP contribution in [0.3, 0.4) is 0 Å². The van der Waals surface area contributed by atoms with Crippen molar-refractivity contribution in [3.8, 4) is 0 Å². The normalized spacial score (nSPS) is 16.1. The highest BCUT2D eigenvalue weighted by molar-refractivity contribution is 5.97. The largest absolute Gasteiger partial charge is 0.481 e. The number of aliphatic hydroxyl groups is 1. The number of carboxylic acid groups (broad SMARTS) is 2. The third-order valence-electron chi connectivity index (χ3n) is 8.56. The Morgan fingerprint density at radius 2 is 1.19 bits per heavy atom. The van der Waals surface area contributed by atoms with Gasteiger partial charge in [0.25, 0.3) is 0 Å². The molecule has 0 saturated carbocycles. The fraction of sp³-hybridized carbons (Fsp3) is 0.688. The summed E-state index contributed by atoms with van der Waals surface area (Å²) in [5.41, 5.74) is 33.0. The van der Waals surface area contributed by atoms with Crippen LogP contribution in [-0.2, 0) is 38.4 Å². The number of guanidine groups is 2. The molecule has 25 heteroatoms. The number of aliphatic imine (C=N–C) groups is 2. The molecule has 0 aromatic carbocycles. The van der Waals surface area contributed by atoms with Crippen molar-refractivity contribution in [1.82, 2.24) is 31.5 Å². The first-order chi connectivity index (χ1) is 26.9. The van der Waals surface area contributed by atoms with Crippen LogP contribution in [0, 0.1) is 0 Å². The Labute approximate surface area is 328 Å². The van der Waals surface area contributed by atoms with Gasteiger partial charge in [0.15, 0.2) is 11.9 Å². The van der Waals surface area contributed by atoms with Crippen LogP contribution in [0.25, 0.3) is 0 Å². The van der Waals surface area contributed by atoms with Gasteiger partial charge in [-0.25, -0.2) is 4.79 Å². The molecule has 1 aliphatic rings. The zero-order chi connectivity index (χ0) is 43.1. The highest BCUT2D eigenvalue weighted by Crippen LogP contribution is 2.17. The van der Waals surface area contributed by atoms with Crippen LogP contribution in [0.15, 0.2) is 9.98 Å². The second kappa shape index (κ2) is 26.1. The number of nitrogens with one attached hydrogen (secondary N) is 5. The third-order valence-corrected chi connectivity index (χ3v) is 8.56. The SMILES string of the molecule is NCCCC[C@H](NC(=O)[C@H](CCCN=C(N)N)NC(=O)[C@@H](N)CCCN=C(N)N)C(=O)N[C@@H](CC(=O)O)C(=O)N[C@@H](CO)C(=O)NCC(=O)N1CCC[C@H]1C(=O)O. The van der Waals surface area contributed by atoms with Gasteiger partial charge >= 0.3 is 11.9 Å². The van der Waals surface area contributed by atoms with Crippen molar-refractivity contribution >= 4 is 59.3 Å². The van der Waals surface area contributed by atoms with Crippen LogP contribution in [0.5, 0.6) is 0 Å². The molecule has 0 aromatic rings. The molecular formula is C32H58N14O11. The second-order valence-electron chi connectivity index (χ2n) is 13.1. The van der Waals surface area contributed by atoms with Crippen molar-refractivity contribution in [1.29, 1.82) is 0 Å². The highest BCUT2D eigenvalue weighted by Gasteiger charge is 2.35. The summed E-state index contributed by atoms with van der Waals surface area (Å²) in [5.74, 6) is -8.59. The van der Waals surface area contributed by atoms with Gasteiger partial charge < -0.3 is 81.2 Å². The molecule has 322 valence electrons. The number of carbonyl (C=O) groups excluding carboxylic acids is 6. The van der Waals surface area contributed by atoms with E-state index in [-0.39, 0.29) is 70.2 Å². The first-order valence-electron chi connectivity index (χ1n) is 18.3. The van der Waals surface area contributed by atoms with Crippen molar-refractivity contribution < 1.29 is 53.7 Å². The summed E-state index contributed by atoms with van der Waals surface area (Å²) < 4.78 is 0. The molecule has 0 aliphatic carbocycles. The van der Waals surface area contributed by atoms with Gasteiger partial charge in [-0.2, -0.15) is 0 Å². The monoisotopic (exact) mass is 814 g/mol. The molecule has 0 unspecified atom stereocenters. The lowest BCUT2D eigenvalue weighted by molar-refractivity contribution is -0.148. The van der Waals surface area contributed by atoms with Crippen molar-refractivity contribution in [3.63, 3.8) is 0 Å². The predicted molar refractivity (Wildman–Crippen MR) is 203 cm³/mol. The number of aliphatic carboxylic acids is 2. The number of carbonyl (C=O) groups is 8. The number of unbranched alkanes of at least 4 members (excludes halogenated alkanes) is 1. The Kier molecular flexibility index (Phi) is 22.5. The van der Waals surface area contributed by atoms with Crippen LogP contribution in [0.1, 0.15) is 64.2 Å². The maximum absolute atomic E-state index is 13.6. The van der Waals surface area contributed by atoms with Crippen molar-refractivity contribution in [2.45, 2.75) is 100 Å². The summed E-state index contributed by atoms with van der Waals surface area (Å²) >= 11 is 0. The van der Waals surface area contributed by atoms with Crippen LogP contribution in [0.2, 0.25) is 0 Å². The topological polar surface area (TPSA) is 441 Å². The molecule has 20 N–H and O–H groups in total. The zero-order valence-corrected chi connectivity index (χ0v) is 31.7. The summed E-state index contributed by atoms with van der Waals surface area (Å²) in [6.45, 7) is -0.986. The number of hydrogen-bond acceptors (Lipinski definition) is 13. The number of aliphatic hydroxyl groups excluding tert-OH is 1. The van der Waals surface area contributed by atoms with Gasteiger partial charge in [-0.15, -0.1) is 0 Å². The van der Waals surface area contributed by atoms with E-state index < -0.39 is 103 Å². The minimum Gasteiger partial charge on any atom is -0.481 e. The first kappa shape index (κ1) is 49.2. The molecule has 0 spiro atoms. The summed E-state index contributed by atoms with van der Waals surface area (Å²) in [6.07, 6.45) is 1.05. The fourth-order valence-electron chi connectivity index (χ4n) is 5.57. The lowest BCUT2D eigenvalue weighted by Gasteiger charge is -2.26. The first-order valence-corrected chi connectivity index (χ1v) is 18.3. The van der Waals surface area contributed by atoms with Gasteiger partial charge in [-0.3, -0.25) is 43.5 Å². The molecule has 57 heavy (non-hydrogen) atoms. The van der Waals surface area contributed by atoms with E-state index >= 15 is 0 Å². The molecule has 6 amide bonds. The number of rotatable bonds is 27. The average Bonchev–Trinajstić information content (AvgIpc) is 3.65. The maximum atomic E-state index is 13.6. The lowest BCUT2D eigenvalue weighted by atomic mass is 10.0. The minimum absolute atomic E-state index is 0.00929. The van der Waals surface area contributed by atoms with E-state index in [2.05, 4.69) is 36.6 Å². The molecule has 1 fully saturated rings. The second-order valence-corrected chi connectivity index (χ2v) is 13.1. The Balaban J connectivity index is 3.13. The van der Waals surface area contributed by atoms with E-state index in [0.717, 1.165) is 4.90 Å². The molecule has 0 radical (unpaired) electrons. The Morgan fingerprint density at radius 3 is 1.72 bits per heavy atom. The van der Waals surface area contributed by atoms with E-state index in [9.17, 15) is 53.7 Å². The predicted octanol–water partition coefficient (Wildman–Crippen LogP) is -6.85. The van der Waals surface area contributed by atoms with Gasteiger partial charge in [0.2, 0.25) is 35.4 Å². The maximum Gasteiger partial charge on any atom is 0.326 e. The van der Waals surface area contributed by atoms with E-state index in [1.807, 2.05) is 0 Å². The lowest BCUT2D eigenvalue weighted by Crippen LogP contribution is -2.59. The van der Waals surface area contributed by atoms with Gasteiger partial charge in [0, 0.05) is 19.6 Å². The summed E-state index contributed by atoms with van der Waals surface area (Å²) in [5, 5.41) is 40.4. The van der Waals surface area contributed by atoms with Gasteiger partial charge in [0.1, 0.15) is 30.2 Å². The van der Waals surface area contributed by atoms with Crippen molar-refractivity contribution in [2.24, 2.45) is 44.4 Å². The third kappa shape index (κ3) is 19.1. The summed E-state index contributed by atoms with van der Waals surface area (Å²) in [4.78, 5) is 111. The molecule has 1 aliphatic heterocycles. The Hall–Kier alpha value is -5.82. The minimum atomic E-state index is -1.83. The van der Waals surface area contributed by atoms with E-state index in [4.69, 9.17) is 34.4 Å². The van der Waals surface area contributed by atoms with Crippen molar-refractivity contribution in [3.05, 3.63) is 0 Å². The van der Waals surface area contributed by atoms with Crippen molar-refractivity contribution in [2.75, 3.05) is 39.3 Å². The molecule has 0 aromatic heterocycles. The zero-order valence-electron chi connectivity index (χ0n) is 31.7. The van der Waals surface area contributed by atoms with E-state index in [0.29, 0.717) is 25.7 Å². The van der Waals surface area contributed by atoms with Crippen LogP contribution >= 0.6 is 0 Å². The van der Waals surface area contributed by atoms with Crippen LogP contribution in [0.4, 0.5) is 0 Å². The molecule has 1 rings (SSSR count). The van der Waals surface area contributed by atoms with Gasteiger partial charge in [-0.05, 0) is 64.3 Å². The molecule has 25 nitrogen and oxygen atoms in total. The summed E-state index contributed by atoms with van der Waals surface area (Å²) in [7, 11) is 0. The number of carboxylic acids is 2. The molecular weight excluding hydrogens is 756 g/mol. The van der Waals surface area contributed by atoms with E-state index in [1.54, 1.807) is 0 Å². The average molecular weight is 815 g/mol. The number of amides is 6. The Bertz CT molecular complexity index is 1460. The quantitative estimate of drug-likeness (QED) is 0.0208. The van der Waals surface area contributed by atoms with E-state index in [1.165, 1.54) is 0 Å². The van der Waals surface area contributed by atoms with Crippen LogP contribution in [-0.4, -0.2) is 155 Å².